The van der Waals surface area contributed by atoms with Crippen molar-refractivity contribution in [2.45, 2.75) is 0 Å². The smallest absolute Gasteiger partial charge is 0.0715 e. The van der Waals surface area contributed by atoms with Gasteiger partial charge in [0.25, 0.3) is 0 Å². The molecule has 0 aliphatic rings. The van der Waals surface area contributed by atoms with Crippen LogP contribution in [0.15, 0.2) is 213 Å². The van der Waals surface area contributed by atoms with E-state index in [1.165, 1.54) is 11.1 Å². The van der Waals surface area contributed by atoms with Crippen LogP contribution in [-0.4, -0.2) is 15.0 Å². The number of hydrogen-bond donors (Lipinski definition) is 0. The summed E-state index contributed by atoms with van der Waals surface area (Å²) in [6.45, 7) is 0. The van der Waals surface area contributed by atoms with E-state index in [1.807, 2.05) is 54.9 Å². The van der Waals surface area contributed by atoms with Crippen molar-refractivity contribution in [3.63, 3.8) is 0 Å². The molecule has 0 saturated heterocycles. The highest BCUT2D eigenvalue weighted by Crippen LogP contribution is 2.35. The van der Waals surface area contributed by atoms with Gasteiger partial charge >= 0.3 is 0 Å². The Bertz CT molecular complexity index is 2510. The first-order valence-corrected chi connectivity index (χ1v) is 18.2. The van der Waals surface area contributed by atoms with Crippen molar-refractivity contribution in [3.8, 4) is 89.5 Å². The Morgan fingerprint density at radius 2 is 0.556 bits per heavy atom. The van der Waals surface area contributed by atoms with E-state index in [0.717, 1.165) is 78.4 Å². The molecule has 3 heteroatoms. The van der Waals surface area contributed by atoms with E-state index in [9.17, 15) is 0 Å². The molecular weight excluding hydrogens is 655 g/mol. The van der Waals surface area contributed by atoms with E-state index in [1.54, 1.807) is 0 Å². The van der Waals surface area contributed by atoms with Crippen molar-refractivity contribution in [2.75, 3.05) is 0 Å². The lowest BCUT2D eigenvalue weighted by Gasteiger charge is -2.13. The molecule has 0 aliphatic heterocycles. The van der Waals surface area contributed by atoms with E-state index in [4.69, 9.17) is 4.98 Å². The molecule has 54 heavy (non-hydrogen) atoms. The van der Waals surface area contributed by atoms with Crippen LogP contribution in [0.5, 0.6) is 0 Å². The van der Waals surface area contributed by atoms with Crippen molar-refractivity contribution < 1.29 is 0 Å². The van der Waals surface area contributed by atoms with Gasteiger partial charge in [-0.15, -0.1) is 0 Å². The molecule has 9 aromatic rings. The first-order chi connectivity index (χ1) is 26.7. The van der Waals surface area contributed by atoms with Crippen molar-refractivity contribution in [3.05, 3.63) is 213 Å². The number of nitrogens with zero attached hydrogens (tertiary/aromatic N) is 3. The number of rotatable bonds is 8. The summed E-state index contributed by atoms with van der Waals surface area (Å²) < 4.78 is 0. The summed E-state index contributed by atoms with van der Waals surface area (Å²) in [7, 11) is 0. The van der Waals surface area contributed by atoms with Crippen molar-refractivity contribution in [1.29, 1.82) is 0 Å². The molecule has 0 N–H and O–H groups in total. The zero-order valence-electron chi connectivity index (χ0n) is 29.5. The molecule has 0 amide bonds. The summed E-state index contributed by atoms with van der Waals surface area (Å²) in [5.41, 5.74) is 17.3. The van der Waals surface area contributed by atoms with Gasteiger partial charge in [0.15, 0.2) is 0 Å². The van der Waals surface area contributed by atoms with Gasteiger partial charge in [-0.2, -0.15) is 0 Å². The van der Waals surface area contributed by atoms with Gasteiger partial charge in [-0.3, -0.25) is 9.97 Å². The highest BCUT2D eigenvalue weighted by atomic mass is 14.7. The molecule has 3 nitrogen and oxygen atoms in total. The van der Waals surface area contributed by atoms with E-state index in [0.29, 0.717) is 0 Å². The zero-order valence-corrected chi connectivity index (χ0v) is 29.5. The predicted molar refractivity (Wildman–Crippen MR) is 223 cm³/mol. The molecule has 0 atom stereocenters. The maximum absolute atomic E-state index is 5.30. The van der Waals surface area contributed by atoms with Gasteiger partial charge in [-0.25, -0.2) is 4.98 Å². The summed E-state index contributed by atoms with van der Waals surface area (Å²) in [6, 6.07) is 70.3. The maximum Gasteiger partial charge on any atom is 0.0715 e. The number of hydrogen-bond acceptors (Lipinski definition) is 3. The fraction of sp³-hybridized carbons (Fsp3) is 0. The highest BCUT2D eigenvalue weighted by Gasteiger charge is 2.12. The summed E-state index contributed by atoms with van der Waals surface area (Å²) in [6.07, 6.45) is 3.66. The van der Waals surface area contributed by atoms with E-state index in [-0.39, 0.29) is 0 Å². The standard InChI is InChI=1S/C51H35N3/c1-2-10-36(11-3-1)37-18-28-42(29-19-37)50-34-47(45-14-8-12-43(32-45)38-20-24-40(25-21-38)48-16-4-6-30-52-48)35-51(54-50)46-15-9-13-44(33-46)39-22-26-41(27-23-39)49-17-5-7-31-53-49/h1-35H. The summed E-state index contributed by atoms with van der Waals surface area (Å²) in [5, 5.41) is 0. The van der Waals surface area contributed by atoms with Gasteiger partial charge < -0.3 is 0 Å². The maximum atomic E-state index is 5.30. The molecule has 0 radical (unpaired) electrons. The Kier molecular flexibility index (Phi) is 8.94. The van der Waals surface area contributed by atoms with Gasteiger partial charge in [0, 0.05) is 34.6 Å². The van der Waals surface area contributed by atoms with Crippen LogP contribution in [0, 0.1) is 0 Å². The van der Waals surface area contributed by atoms with E-state index in [2.05, 4.69) is 168 Å². The van der Waals surface area contributed by atoms with Crippen LogP contribution in [0.2, 0.25) is 0 Å². The van der Waals surface area contributed by atoms with Gasteiger partial charge in [0.05, 0.1) is 22.8 Å². The Balaban J connectivity index is 1.10. The zero-order chi connectivity index (χ0) is 36.1. The van der Waals surface area contributed by atoms with Crippen LogP contribution >= 0.6 is 0 Å². The fourth-order valence-corrected chi connectivity index (χ4v) is 6.93. The third kappa shape index (κ3) is 6.99. The molecule has 0 fully saturated rings. The second-order valence-electron chi connectivity index (χ2n) is 13.3. The number of benzene rings is 6. The van der Waals surface area contributed by atoms with Crippen LogP contribution in [0.25, 0.3) is 89.5 Å². The minimum Gasteiger partial charge on any atom is -0.256 e. The number of pyridine rings is 3. The van der Waals surface area contributed by atoms with Crippen LogP contribution in [0.4, 0.5) is 0 Å². The lowest BCUT2D eigenvalue weighted by atomic mass is 9.95. The molecule has 0 spiro atoms. The second kappa shape index (κ2) is 14.8. The van der Waals surface area contributed by atoms with Crippen molar-refractivity contribution >= 4 is 0 Å². The first kappa shape index (κ1) is 32.7. The van der Waals surface area contributed by atoms with Crippen LogP contribution in [-0.2, 0) is 0 Å². The molecule has 3 aromatic heterocycles. The summed E-state index contributed by atoms with van der Waals surface area (Å²) in [5.74, 6) is 0. The molecule has 6 aromatic carbocycles. The van der Waals surface area contributed by atoms with Crippen LogP contribution in [0.3, 0.4) is 0 Å². The fourth-order valence-electron chi connectivity index (χ4n) is 6.93. The lowest BCUT2D eigenvalue weighted by Crippen LogP contribution is -1.92. The second-order valence-corrected chi connectivity index (χ2v) is 13.3. The first-order valence-electron chi connectivity index (χ1n) is 18.2. The predicted octanol–water partition coefficient (Wildman–Crippen LogP) is 13.2. The van der Waals surface area contributed by atoms with Crippen LogP contribution in [0.1, 0.15) is 0 Å². The highest BCUT2D eigenvalue weighted by molar-refractivity contribution is 5.82. The molecule has 3 heterocycles. The third-order valence-electron chi connectivity index (χ3n) is 9.83. The molecule has 0 saturated carbocycles. The van der Waals surface area contributed by atoms with Crippen molar-refractivity contribution in [1.82, 2.24) is 15.0 Å². The van der Waals surface area contributed by atoms with Gasteiger partial charge in [-0.05, 0) is 93.0 Å². The van der Waals surface area contributed by atoms with Gasteiger partial charge in [-0.1, -0.05) is 152 Å². The van der Waals surface area contributed by atoms with Gasteiger partial charge in [0.2, 0.25) is 0 Å². The van der Waals surface area contributed by atoms with Crippen LogP contribution < -0.4 is 0 Å². The quantitative estimate of drug-likeness (QED) is 0.159. The summed E-state index contributed by atoms with van der Waals surface area (Å²) in [4.78, 5) is 14.3. The van der Waals surface area contributed by atoms with E-state index >= 15 is 0 Å². The molecule has 0 bridgehead atoms. The van der Waals surface area contributed by atoms with Gasteiger partial charge in [0.1, 0.15) is 0 Å². The lowest BCUT2D eigenvalue weighted by molar-refractivity contribution is 1.32. The Hall–Kier alpha value is -7.23. The molecular formula is C51H35N3. The van der Waals surface area contributed by atoms with Crippen molar-refractivity contribution in [2.24, 2.45) is 0 Å². The average Bonchev–Trinajstić information content (AvgIpc) is 3.27. The molecule has 0 aliphatic carbocycles. The minimum absolute atomic E-state index is 0.923. The Labute approximate surface area is 316 Å². The third-order valence-corrected chi connectivity index (χ3v) is 9.83. The molecule has 254 valence electrons. The Morgan fingerprint density at radius 1 is 0.204 bits per heavy atom. The topological polar surface area (TPSA) is 38.7 Å². The summed E-state index contributed by atoms with van der Waals surface area (Å²) >= 11 is 0. The SMILES string of the molecule is c1ccc(-c2ccc(-c3cc(-c4cccc(-c5ccc(-c6ccccn6)cc5)c4)cc(-c4cccc(-c5ccc(-c6ccccn6)cc5)c4)n3)cc2)cc1. The van der Waals surface area contributed by atoms with E-state index < -0.39 is 0 Å². The molecule has 9 rings (SSSR count). The monoisotopic (exact) mass is 689 g/mol. The molecule has 0 unspecified atom stereocenters. The average molecular weight is 690 g/mol. The number of aromatic nitrogens is 3. The minimum atomic E-state index is 0.923. The normalized spacial score (nSPS) is 11.0. The Morgan fingerprint density at radius 3 is 1.06 bits per heavy atom. The largest absolute Gasteiger partial charge is 0.256 e.